The predicted molar refractivity (Wildman–Crippen MR) is 57.9 cm³/mol. The highest BCUT2D eigenvalue weighted by molar-refractivity contribution is 4.97. The van der Waals surface area contributed by atoms with Crippen LogP contribution in [0.2, 0.25) is 0 Å². The third kappa shape index (κ3) is 3.52. The van der Waals surface area contributed by atoms with E-state index in [1.165, 1.54) is 39.4 Å². The van der Waals surface area contributed by atoms with Crippen LogP contribution in [-0.4, -0.2) is 25.0 Å². The molecule has 0 unspecified atom stereocenters. The molecule has 1 aliphatic heterocycles. The highest BCUT2D eigenvalue weighted by Gasteiger charge is 2.10. The van der Waals surface area contributed by atoms with Crippen LogP contribution in [0.5, 0.6) is 0 Å². The second kappa shape index (κ2) is 6.62. The van der Waals surface area contributed by atoms with E-state index in [1.54, 1.807) is 6.26 Å². The Morgan fingerprint density at radius 2 is 2.00 bits per heavy atom. The van der Waals surface area contributed by atoms with Gasteiger partial charge in [-0.05, 0) is 45.1 Å². The van der Waals surface area contributed by atoms with Crippen LogP contribution in [0.15, 0.2) is 22.8 Å². The predicted octanol–water partition coefficient (Wildman–Crippen LogP) is 1.84. The molecule has 2 heterocycles. The summed E-state index contributed by atoms with van der Waals surface area (Å²) in [6.45, 7) is 3.47. The first-order valence-corrected chi connectivity index (χ1v) is 5.27. The average molecular weight is 196 g/mol. The van der Waals surface area contributed by atoms with Crippen molar-refractivity contribution in [3.05, 3.63) is 24.2 Å². The van der Waals surface area contributed by atoms with Crippen molar-refractivity contribution < 1.29 is 4.42 Å². The number of hydrogen-bond acceptors (Lipinski definition) is 3. The first kappa shape index (κ1) is 11.3. The van der Waals surface area contributed by atoms with Gasteiger partial charge in [0.25, 0.3) is 0 Å². The Labute approximate surface area is 85.9 Å². The van der Waals surface area contributed by atoms with Gasteiger partial charge in [0.05, 0.1) is 12.8 Å². The van der Waals surface area contributed by atoms with Crippen molar-refractivity contribution in [2.75, 3.05) is 20.1 Å². The van der Waals surface area contributed by atoms with Crippen molar-refractivity contribution in [1.29, 1.82) is 0 Å². The van der Waals surface area contributed by atoms with E-state index in [0.29, 0.717) is 0 Å². The van der Waals surface area contributed by atoms with E-state index in [-0.39, 0.29) is 0 Å². The molecule has 0 bridgehead atoms. The summed E-state index contributed by atoms with van der Waals surface area (Å²) in [6, 6.07) is 4.01. The fourth-order valence-corrected chi connectivity index (χ4v) is 1.74. The number of nitrogens with zero attached hydrogens (tertiary/aromatic N) is 1. The van der Waals surface area contributed by atoms with E-state index in [0.717, 1.165) is 12.3 Å². The van der Waals surface area contributed by atoms with E-state index in [2.05, 4.69) is 16.7 Å². The minimum atomic E-state index is 0.993. The molecule has 2 rings (SSSR count). The summed E-state index contributed by atoms with van der Waals surface area (Å²) in [5, 5.41) is 0. The van der Waals surface area contributed by atoms with Crippen LogP contribution in [0.1, 0.15) is 25.0 Å². The van der Waals surface area contributed by atoms with Crippen LogP contribution < -0.4 is 5.73 Å². The standard InChI is InChI=1S/C10H15NO.CH5N/c1-2-6-11(7-3-1)9-10-5-4-8-12-10;1-2/h4-5,8H,1-3,6-7,9H2;2H2,1H3. The van der Waals surface area contributed by atoms with Crippen molar-refractivity contribution in [2.45, 2.75) is 25.8 Å². The molecule has 80 valence electrons. The van der Waals surface area contributed by atoms with Crippen molar-refractivity contribution >= 4 is 0 Å². The first-order valence-electron chi connectivity index (χ1n) is 5.27. The number of piperidine rings is 1. The van der Waals surface area contributed by atoms with Gasteiger partial charge < -0.3 is 10.2 Å². The molecule has 0 aromatic carbocycles. The smallest absolute Gasteiger partial charge is 0.117 e. The van der Waals surface area contributed by atoms with E-state index in [4.69, 9.17) is 4.42 Å². The third-order valence-corrected chi connectivity index (χ3v) is 2.41. The molecule has 0 saturated carbocycles. The molecule has 0 aliphatic carbocycles. The summed E-state index contributed by atoms with van der Waals surface area (Å²) in [4.78, 5) is 2.46. The molecule has 0 spiro atoms. The lowest BCUT2D eigenvalue weighted by Crippen LogP contribution is -2.28. The summed E-state index contributed by atoms with van der Waals surface area (Å²) in [5.74, 6) is 1.09. The monoisotopic (exact) mass is 196 g/mol. The van der Waals surface area contributed by atoms with E-state index in [9.17, 15) is 0 Å². The molecular weight excluding hydrogens is 176 g/mol. The van der Waals surface area contributed by atoms with Crippen molar-refractivity contribution in [1.82, 2.24) is 4.90 Å². The summed E-state index contributed by atoms with van der Waals surface area (Å²) in [7, 11) is 1.50. The normalized spacial score (nSPS) is 17.3. The van der Waals surface area contributed by atoms with Crippen LogP contribution >= 0.6 is 0 Å². The molecule has 0 atom stereocenters. The summed E-state index contributed by atoms with van der Waals surface area (Å²) in [5.41, 5.74) is 4.50. The van der Waals surface area contributed by atoms with E-state index >= 15 is 0 Å². The molecule has 1 aromatic rings. The number of likely N-dealkylation sites (tertiary alicyclic amines) is 1. The minimum absolute atomic E-state index is 0.993. The molecule has 14 heavy (non-hydrogen) atoms. The first-order chi connectivity index (χ1) is 6.95. The quantitative estimate of drug-likeness (QED) is 0.784. The lowest BCUT2D eigenvalue weighted by molar-refractivity contribution is 0.205. The molecule has 0 amide bonds. The minimum Gasteiger partial charge on any atom is -0.468 e. The Balaban J connectivity index is 0.000000461. The van der Waals surface area contributed by atoms with Crippen LogP contribution in [0.4, 0.5) is 0 Å². The zero-order valence-electron chi connectivity index (χ0n) is 8.91. The molecule has 1 aliphatic rings. The second-order valence-corrected chi connectivity index (χ2v) is 3.42. The van der Waals surface area contributed by atoms with Gasteiger partial charge in [0.15, 0.2) is 0 Å². The fraction of sp³-hybridized carbons (Fsp3) is 0.636. The zero-order valence-corrected chi connectivity index (χ0v) is 8.91. The van der Waals surface area contributed by atoms with Crippen LogP contribution in [-0.2, 0) is 6.54 Å². The van der Waals surface area contributed by atoms with Gasteiger partial charge in [0.1, 0.15) is 5.76 Å². The second-order valence-electron chi connectivity index (χ2n) is 3.42. The molecular formula is C11H20N2O. The van der Waals surface area contributed by atoms with Gasteiger partial charge in [0, 0.05) is 0 Å². The largest absolute Gasteiger partial charge is 0.468 e. The zero-order chi connectivity index (χ0) is 10.2. The van der Waals surface area contributed by atoms with Gasteiger partial charge in [-0.3, -0.25) is 4.90 Å². The van der Waals surface area contributed by atoms with Crippen LogP contribution in [0, 0.1) is 0 Å². The highest BCUT2D eigenvalue weighted by atomic mass is 16.3. The number of furan rings is 1. The van der Waals surface area contributed by atoms with Gasteiger partial charge >= 0.3 is 0 Å². The van der Waals surface area contributed by atoms with Gasteiger partial charge in [-0.25, -0.2) is 0 Å². The Morgan fingerprint density at radius 1 is 1.29 bits per heavy atom. The molecule has 2 N–H and O–H groups in total. The van der Waals surface area contributed by atoms with Gasteiger partial charge in [-0.15, -0.1) is 0 Å². The van der Waals surface area contributed by atoms with Crippen molar-refractivity contribution in [3.63, 3.8) is 0 Å². The van der Waals surface area contributed by atoms with E-state index in [1.807, 2.05) is 6.07 Å². The topological polar surface area (TPSA) is 42.4 Å². The molecule has 1 fully saturated rings. The molecule has 3 heteroatoms. The highest BCUT2D eigenvalue weighted by Crippen LogP contribution is 2.12. The van der Waals surface area contributed by atoms with Crippen LogP contribution in [0.3, 0.4) is 0 Å². The molecule has 1 saturated heterocycles. The van der Waals surface area contributed by atoms with E-state index < -0.39 is 0 Å². The van der Waals surface area contributed by atoms with Gasteiger partial charge in [-0.2, -0.15) is 0 Å². The number of nitrogens with two attached hydrogens (primary N) is 1. The molecule has 0 radical (unpaired) electrons. The summed E-state index contributed by atoms with van der Waals surface area (Å²) >= 11 is 0. The third-order valence-electron chi connectivity index (χ3n) is 2.41. The maximum atomic E-state index is 5.29. The molecule has 1 aromatic heterocycles. The lowest BCUT2D eigenvalue weighted by atomic mass is 10.1. The lowest BCUT2D eigenvalue weighted by Gasteiger charge is -2.25. The SMILES string of the molecule is CN.c1coc(CN2CCCCC2)c1. The fourth-order valence-electron chi connectivity index (χ4n) is 1.74. The number of rotatable bonds is 2. The van der Waals surface area contributed by atoms with Crippen molar-refractivity contribution in [2.24, 2.45) is 5.73 Å². The van der Waals surface area contributed by atoms with Gasteiger partial charge in [0.2, 0.25) is 0 Å². The maximum Gasteiger partial charge on any atom is 0.117 e. The summed E-state index contributed by atoms with van der Waals surface area (Å²) in [6.07, 6.45) is 5.84. The Bertz CT molecular complexity index is 215. The van der Waals surface area contributed by atoms with Gasteiger partial charge in [-0.1, -0.05) is 6.42 Å². The van der Waals surface area contributed by atoms with Crippen molar-refractivity contribution in [3.8, 4) is 0 Å². The Kier molecular flexibility index (Phi) is 5.33. The molecule has 3 nitrogen and oxygen atoms in total. The summed E-state index contributed by atoms with van der Waals surface area (Å²) < 4.78 is 5.29. The Morgan fingerprint density at radius 3 is 2.57 bits per heavy atom. The maximum absolute atomic E-state index is 5.29. The number of hydrogen-bond donors (Lipinski definition) is 1. The Hall–Kier alpha value is -0.800. The average Bonchev–Trinajstić information content (AvgIpc) is 2.75. The van der Waals surface area contributed by atoms with Crippen LogP contribution in [0.25, 0.3) is 0 Å².